The Hall–Kier alpha value is -1.95. The van der Waals surface area contributed by atoms with Gasteiger partial charge in [0.15, 0.2) is 0 Å². The molecule has 0 aliphatic carbocycles. The quantitative estimate of drug-likeness (QED) is 0.840. The van der Waals surface area contributed by atoms with Crippen molar-refractivity contribution in [3.05, 3.63) is 23.5 Å². The van der Waals surface area contributed by atoms with Crippen LogP contribution in [-0.4, -0.2) is 49.8 Å². The van der Waals surface area contributed by atoms with Crippen LogP contribution in [0.3, 0.4) is 0 Å². The van der Waals surface area contributed by atoms with Crippen LogP contribution in [-0.2, 0) is 4.79 Å². The van der Waals surface area contributed by atoms with Gasteiger partial charge in [0.1, 0.15) is 5.82 Å². The minimum absolute atomic E-state index is 0.102. The van der Waals surface area contributed by atoms with Crippen molar-refractivity contribution in [1.82, 2.24) is 4.90 Å². The first-order chi connectivity index (χ1) is 9.85. The summed E-state index contributed by atoms with van der Waals surface area (Å²) in [4.78, 5) is 26.9. The van der Waals surface area contributed by atoms with Gasteiger partial charge in [-0.05, 0) is 40.1 Å². The zero-order valence-electron chi connectivity index (χ0n) is 12.7. The van der Waals surface area contributed by atoms with Crippen LogP contribution >= 0.6 is 0 Å². The summed E-state index contributed by atoms with van der Waals surface area (Å²) in [6, 6.07) is 2.80. The van der Waals surface area contributed by atoms with Gasteiger partial charge in [0.05, 0.1) is 16.9 Å². The van der Waals surface area contributed by atoms with Gasteiger partial charge in [0.2, 0.25) is 0 Å². The number of carbonyl (C=O) groups is 2. The summed E-state index contributed by atoms with van der Waals surface area (Å²) < 4.78 is 14.3. The molecule has 1 atom stereocenters. The van der Waals surface area contributed by atoms with Crippen molar-refractivity contribution in [1.29, 1.82) is 0 Å². The molecular formula is C15H20FN3O2. The Labute approximate surface area is 123 Å². The SMILES string of the molecule is CCN(c1cc2c(cc1F)C(=O)C(=O)N2)C(C)CN(C)C. The number of fused-ring (bicyclic) bond motifs is 1. The molecule has 0 bridgehead atoms. The highest BCUT2D eigenvalue weighted by molar-refractivity contribution is 6.51. The van der Waals surface area contributed by atoms with Crippen molar-refractivity contribution in [3.8, 4) is 0 Å². The molecule has 6 heteroatoms. The topological polar surface area (TPSA) is 52.7 Å². The lowest BCUT2D eigenvalue weighted by atomic mass is 10.1. The van der Waals surface area contributed by atoms with Gasteiger partial charge in [-0.25, -0.2) is 4.39 Å². The zero-order chi connectivity index (χ0) is 15.7. The first-order valence-corrected chi connectivity index (χ1v) is 6.95. The number of nitrogens with zero attached hydrogens (tertiary/aromatic N) is 2. The number of hydrogen-bond acceptors (Lipinski definition) is 4. The van der Waals surface area contributed by atoms with Crippen LogP contribution in [0.2, 0.25) is 0 Å². The first-order valence-electron chi connectivity index (χ1n) is 6.95. The Bertz CT molecular complexity index is 587. The summed E-state index contributed by atoms with van der Waals surface area (Å²) in [5.41, 5.74) is 0.898. The van der Waals surface area contributed by atoms with E-state index in [1.807, 2.05) is 37.7 Å². The lowest BCUT2D eigenvalue weighted by Crippen LogP contribution is -2.40. The van der Waals surface area contributed by atoms with Gasteiger partial charge in [-0.15, -0.1) is 0 Å². The van der Waals surface area contributed by atoms with Crippen molar-refractivity contribution in [2.75, 3.05) is 37.4 Å². The van der Waals surface area contributed by atoms with E-state index in [-0.39, 0.29) is 11.6 Å². The molecule has 1 heterocycles. The molecule has 0 radical (unpaired) electrons. The van der Waals surface area contributed by atoms with Gasteiger partial charge in [-0.3, -0.25) is 9.59 Å². The van der Waals surface area contributed by atoms with E-state index in [2.05, 4.69) is 5.32 Å². The molecule has 1 aromatic rings. The van der Waals surface area contributed by atoms with E-state index in [1.54, 1.807) is 6.07 Å². The van der Waals surface area contributed by atoms with Crippen LogP contribution in [0.25, 0.3) is 0 Å². The predicted octanol–water partition coefficient (Wildman–Crippen LogP) is 1.74. The van der Waals surface area contributed by atoms with Crippen molar-refractivity contribution in [2.45, 2.75) is 19.9 Å². The summed E-state index contributed by atoms with van der Waals surface area (Å²) in [5.74, 6) is -1.86. The molecule has 0 aromatic heterocycles. The minimum atomic E-state index is -0.703. The van der Waals surface area contributed by atoms with Crippen molar-refractivity contribution in [3.63, 3.8) is 0 Å². The minimum Gasteiger partial charge on any atom is -0.365 e. The Morgan fingerprint density at radius 1 is 1.29 bits per heavy atom. The molecule has 21 heavy (non-hydrogen) atoms. The maximum atomic E-state index is 14.3. The molecule has 0 saturated carbocycles. The van der Waals surface area contributed by atoms with E-state index in [0.29, 0.717) is 17.9 Å². The first kappa shape index (κ1) is 15.4. The molecule has 1 aliphatic heterocycles. The zero-order valence-corrected chi connectivity index (χ0v) is 12.7. The summed E-state index contributed by atoms with van der Waals surface area (Å²) in [6.07, 6.45) is 0. The maximum Gasteiger partial charge on any atom is 0.296 e. The molecule has 5 nitrogen and oxygen atoms in total. The Balaban J connectivity index is 2.38. The number of nitrogens with one attached hydrogen (secondary N) is 1. The van der Waals surface area contributed by atoms with Crippen molar-refractivity contribution < 1.29 is 14.0 Å². The summed E-state index contributed by atoms with van der Waals surface area (Å²) in [7, 11) is 3.92. The fraction of sp³-hybridized carbons (Fsp3) is 0.467. The molecule has 0 saturated heterocycles. The van der Waals surface area contributed by atoms with Crippen LogP contribution in [0, 0.1) is 5.82 Å². The smallest absolute Gasteiger partial charge is 0.296 e. The number of rotatable bonds is 5. The molecule has 1 unspecified atom stereocenters. The number of anilines is 2. The Morgan fingerprint density at radius 2 is 1.95 bits per heavy atom. The van der Waals surface area contributed by atoms with Crippen molar-refractivity contribution >= 4 is 23.1 Å². The van der Waals surface area contributed by atoms with Gasteiger partial charge in [-0.2, -0.15) is 0 Å². The number of likely N-dealkylation sites (N-methyl/N-ethyl adjacent to an activating group) is 2. The average Bonchev–Trinajstić information content (AvgIpc) is 2.66. The van der Waals surface area contributed by atoms with Crippen LogP contribution in [0.5, 0.6) is 0 Å². The summed E-state index contributed by atoms with van der Waals surface area (Å²) >= 11 is 0. The molecule has 2 rings (SSSR count). The molecule has 1 amide bonds. The van der Waals surface area contributed by atoms with E-state index in [9.17, 15) is 14.0 Å². The fourth-order valence-electron chi connectivity index (χ4n) is 2.72. The molecule has 0 fully saturated rings. The van der Waals surface area contributed by atoms with E-state index in [0.717, 1.165) is 12.6 Å². The van der Waals surface area contributed by atoms with Gasteiger partial charge in [0, 0.05) is 19.1 Å². The second-order valence-corrected chi connectivity index (χ2v) is 5.53. The van der Waals surface area contributed by atoms with Crippen LogP contribution in [0.4, 0.5) is 15.8 Å². The standard InChI is InChI=1S/C15H20FN3O2/c1-5-19(9(2)8-18(3)4)13-7-12-10(6-11(13)16)14(20)15(21)17-12/h6-7,9H,5,8H2,1-4H3,(H,17,20,21). The number of halogens is 1. The molecule has 1 N–H and O–H groups in total. The fourth-order valence-corrected chi connectivity index (χ4v) is 2.72. The average molecular weight is 293 g/mol. The second-order valence-electron chi connectivity index (χ2n) is 5.53. The lowest BCUT2D eigenvalue weighted by molar-refractivity contribution is -0.112. The highest BCUT2D eigenvalue weighted by Gasteiger charge is 2.30. The van der Waals surface area contributed by atoms with Gasteiger partial charge in [0.25, 0.3) is 11.7 Å². The molecule has 1 aromatic carbocycles. The summed E-state index contributed by atoms with van der Waals surface area (Å²) in [6.45, 7) is 5.37. The molecule has 0 spiro atoms. The Morgan fingerprint density at radius 3 is 2.52 bits per heavy atom. The number of carbonyl (C=O) groups excluding carboxylic acids is 2. The highest BCUT2D eigenvalue weighted by atomic mass is 19.1. The van der Waals surface area contributed by atoms with E-state index in [1.165, 1.54) is 0 Å². The van der Waals surface area contributed by atoms with Gasteiger partial charge in [-0.1, -0.05) is 0 Å². The second kappa shape index (κ2) is 5.81. The third-order valence-corrected chi connectivity index (χ3v) is 3.60. The third-order valence-electron chi connectivity index (χ3n) is 3.60. The number of benzene rings is 1. The number of amides is 1. The molecule has 114 valence electrons. The van der Waals surface area contributed by atoms with Crippen LogP contribution < -0.4 is 10.2 Å². The third kappa shape index (κ3) is 2.90. The van der Waals surface area contributed by atoms with E-state index in [4.69, 9.17) is 0 Å². The number of hydrogen-bond donors (Lipinski definition) is 1. The van der Waals surface area contributed by atoms with Crippen molar-refractivity contribution in [2.24, 2.45) is 0 Å². The normalized spacial score (nSPS) is 15.1. The lowest BCUT2D eigenvalue weighted by Gasteiger charge is -2.32. The molecular weight excluding hydrogens is 273 g/mol. The van der Waals surface area contributed by atoms with Crippen LogP contribution in [0.15, 0.2) is 12.1 Å². The highest BCUT2D eigenvalue weighted by Crippen LogP contribution is 2.32. The Kier molecular flexibility index (Phi) is 4.27. The number of ketones is 1. The number of Topliss-reactive ketones (excluding diaryl/α,β-unsaturated/α-hetero) is 1. The van der Waals surface area contributed by atoms with E-state index >= 15 is 0 Å². The van der Waals surface area contributed by atoms with Gasteiger partial charge >= 0.3 is 0 Å². The summed E-state index contributed by atoms with van der Waals surface area (Å²) in [5, 5.41) is 2.48. The largest absolute Gasteiger partial charge is 0.365 e. The van der Waals surface area contributed by atoms with Gasteiger partial charge < -0.3 is 15.1 Å². The maximum absolute atomic E-state index is 14.3. The monoisotopic (exact) mass is 293 g/mol. The molecule has 1 aliphatic rings. The predicted molar refractivity (Wildman–Crippen MR) is 80.4 cm³/mol. The van der Waals surface area contributed by atoms with E-state index < -0.39 is 17.5 Å². The van der Waals surface area contributed by atoms with Crippen LogP contribution in [0.1, 0.15) is 24.2 Å².